The van der Waals surface area contributed by atoms with E-state index in [0.717, 1.165) is 5.56 Å². The molecule has 0 aliphatic carbocycles. The third-order valence-electron chi connectivity index (χ3n) is 3.47. The molecule has 0 spiro atoms. The number of hydrogen-bond acceptors (Lipinski definition) is 4. The lowest BCUT2D eigenvalue weighted by Crippen LogP contribution is -2.44. The van der Waals surface area contributed by atoms with Crippen molar-refractivity contribution in [1.82, 2.24) is 5.32 Å². The zero-order valence-corrected chi connectivity index (χ0v) is 14.1. The monoisotopic (exact) mass is 332 g/mol. The summed E-state index contributed by atoms with van der Waals surface area (Å²) in [5.74, 6) is -0.125. The molecule has 1 aliphatic heterocycles. The molecular formula is C17H20N2O3S. The molecule has 2 atom stereocenters. The number of esters is 1. The summed E-state index contributed by atoms with van der Waals surface area (Å²) in [6.07, 6.45) is 1.68. The molecule has 6 heteroatoms. The number of thiocarbonyl (C=S) groups is 1. The third kappa shape index (κ3) is 4.16. The first-order valence-corrected chi connectivity index (χ1v) is 7.83. The Labute approximate surface area is 141 Å². The highest BCUT2D eigenvalue weighted by molar-refractivity contribution is 7.80. The average molecular weight is 332 g/mol. The van der Waals surface area contributed by atoms with Crippen LogP contribution < -0.4 is 10.1 Å². The van der Waals surface area contributed by atoms with E-state index < -0.39 is 5.92 Å². The quantitative estimate of drug-likeness (QED) is 0.493. The summed E-state index contributed by atoms with van der Waals surface area (Å²) in [6, 6.07) is 7.21. The van der Waals surface area contributed by atoms with Crippen LogP contribution in [0.1, 0.15) is 25.5 Å². The normalized spacial score (nSPS) is 20.3. The van der Waals surface area contributed by atoms with Gasteiger partial charge in [-0.1, -0.05) is 24.8 Å². The predicted octanol–water partition coefficient (Wildman–Crippen LogP) is 2.82. The van der Waals surface area contributed by atoms with Crippen LogP contribution in [-0.4, -0.2) is 30.0 Å². The topological polar surface area (TPSA) is 59.9 Å². The molecule has 122 valence electrons. The second-order valence-electron chi connectivity index (χ2n) is 5.08. The van der Waals surface area contributed by atoms with Crippen LogP contribution in [0, 0.1) is 5.92 Å². The summed E-state index contributed by atoms with van der Waals surface area (Å²) in [5.41, 5.74) is 1.54. The average Bonchev–Trinajstić information content (AvgIpc) is 2.52. The molecule has 1 N–H and O–H groups in total. The highest BCUT2D eigenvalue weighted by Gasteiger charge is 2.36. The highest BCUT2D eigenvalue weighted by Crippen LogP contribution is 2.30. The molecule has 0 saturated heterocycles. The standard InChI is InChI=1S/C17H20N2O3S/c1-4-9-22-13-8-6-7-12(10-13)15-14(16(20)21-5-2)11(3)18-17(23)19-15/h4,6-8,10,14-15H,1,5,9H2,2-3H3,(H,19,23). The van der Waals surface area contributed by atoms with Gasteiger partial charge >= 0.3 is 5.97 Å². The van der Waals surface area contributed by atoms with Crippen molar-refractivity contribution in [2.45, 2.75) is 19.9 Å². The van der Waals surface area contributed by atoms with Crippen LogP contribution in [0.5, 0.6) is 5.75 Å². The highest BCUT2D eigenvalue weighted by atomic mass is 32.1. The Morgan fingerprint density at radius 3 is 3.00 bits per heavy atom. The molecule has 1 aromatic rings. The minimum atomic E-state index is -0.517. The zero-order valence-electron chi connectivity index (χ0n) is 13.2. The number of hydrogen-bond donors (Lipinski definition) is 1. The molecule has 0 amide bonds. The minimum absolute atomic E-state index is 0.314. The molecule has 1 heterocycles. The number of nitrogens with zero attached hydrogens (tertiary/aromatic N) is 1. The molecule has 0 aromatic heterocycles. The first-order chi connectivity index (χ1) is 11.1. The van der Waals surface area contributed by atoms with Crippen molar-refractivity contribution in [3.8, 4) is 5.75 Å². The molecule has 0 radical (unpaired) electrons. The third-order valence-corrected chi connectivity index (χ3v) is 3.68. The number of rotatable bonds is 6. The fourth-order valence-corrected chi connectivity index (χ4v) is 2.76. The SMILES string of the molecule is C=CCOc1cccc(C2NC(=S)N=C(C)C2C(=O)OCC)c1. The van der Waals surface area contributed by atoms with Crippen molar-refractivity contribution >= 4 is 29.0 Å². The van der Waals surface area contributed by atoms with Gasteiger partial charge in [-0.05, 0) is 43.8 Å². The van der Waals surface area contributed by atoms with Gasteiger partial charge in [-0.3, -0.25) is 4.79 Å². The first-order valence-electron chi connectivity index (χ1n) is 7.42. The van der Waals surface area contributed by atoms with Crippen molar-refractivity contribution in [3.05, 3.63) is 42.5 Å². The molecule has 0 fully saturated rings. The van der Waals surface area contributed by atoms with Gasteiger partial charge in [0, 0.05) is 5.71 Å². The number of carbonyl (C=O) groups is 1. The van der Waals surface area contributed by atoms with Crippen LogP contribution in [0.2, 0.25) is 0 Å². The van der Waals surface area contributed by atoms with E-state index in [9.17, 15) is 4.79 Å². The van der Waals surface area contributed by atoms with Gasteiger partial charge in [-0.15, -0.1) is 0 Å². The van der Waals surface area contributed by atoms with Crippen molar-refractivity contribution < 1.29 is 14.3 Å². The molecule has 0 bridgehead atoms. The molecule has 2 unspecified atom stereocenters. The van der Waals surface area contributed by atoms with Gasteiger partial charge < -0.3 is 14.8 Å². The fraction of sp³-hybridized carbons (Fsp3) is 0.353. The fourth-order valence-electron chi connectivity index (χ4n) is 2.49. The van der Waals surface area contributed by atoms with Gasteiger partial charge in [0.15, 0.2) is 5.11 Å². The maximum absolute atomic E-state index is 12.3. The summed E-state index contributed by atoms with van der Waals surface area (Å²) in [7, 11) is 0. The van der Waals surface area contributed by atoms with Crippen molar-refractivity contribution in [2.75, 3.05) is 13.2 Å². The number of nitrogens with one attached hydrogen (secondary N) is 1. The van der Waals surface area contributed by atoms with Crippen LogP contribution in [-0.2, 0) is 9.53 Å². The predicted molar refractivity (Wildman–Crippen MR) is 93.8 cm³/mol. The summed E-state index contributed by atoms with van der Waals surface area (Å²) in [4.78, 5) is 16.5. The lowest BCUT2D eigenvalue weighted by Gasteiger charge is -2.31. The van der Waals surface area contributed by atoms with Gasteiger partial charge in [0.25, 0.3) is 0 Å². The van der Waals surface area contributed by atoms with Crippen molar-refractivity contribution in [2.24, 2.45) is 10.9 Å². The van der Waals surface area contributed by atoms with Crippen molar-refractivity contribution in [1.29, 1.82) is 0 Å². The summed E-state index contributed by atoms with van der Waals surface area (Å²) < 4.78 is 10.7. The van der Waals surface area contributed by atoms with Gasteiger partial charge in [-0.2, -0.15) is 0 Å². The van der Waals surface area contributed by atoms with E-state index in [1.165, 1.54) is 0 Å². The summed E-state index contributed by atoms with van der Waals surface area (Å²) in [6.45, 7) is 7.95. The number of carbonyl (C=O) groups excluding carboxylic acids is 1. The van der Waals surface area contributed by atoms with Crippen LogP contribution in [0.3, 0.4) is 0 Å². The van der Waals surface area contributed by atoms with E-state index in [1.807, 2.05) is 24.3 Å². The molecule has 23 heavy (non-hydrogen) atoms. The maximum atomic E-state index is 12.3. The van der Waals surface area contributed by atoms with E-state index >= 15 is 0 Å². The van der Waals surface area contributed by atoms with E-state index in [4.69, 9.17) is 21.7 Å². The minimum Gasteiger partial charge on any atom is -0.490 e. The van der Waals surface area contributed by atoms with E-state index in [0.29, 0.717) is 29.8 Å². The van der Waals surface area contributed by atoms with Gasteiger partial charge in [-0.25, -0.2) is 4.99 Å². The largest absolute Gasteiger partial charge is 0.490 e. The maximum Gasteiger partial charge on any atom is 0.317 e. The molecule has 2 rings (SSSR count). The van der Waals surface area contributed by atoms with Crippen LogP contribution in [0.4, 0.5) is 0 Å². The van der Waals surface area contributed by atoms with Crippen molar-refractivity contribution in [3.63, 3.8) is 0 Å². The Hall–Kier alpha value is -2.21. The second kappa shape index (κ2) is 7.87. The molecule has 1 aromatic carbocycles. The Morgan fingerprint density at radius 1 is 1.52 bits per heavy atom. The lowest BCUT2D eigenvalue weighted by atomic mass is 9.88. The van der Waals surface area contributed by atoms with Gasteiger partial charge in [0.2, 0.25) is 0 Å². The summed E-state index contributed by atoms with van der Waals surface area (Å²) in [5, 5.41) is 3.47. The lowest BCUT2D eigenvalue weighted by molar-refractivity contribution is -0.146. The van der Waals surface area contributed by atoms with Gasteiger partial charge in [0.05, 0.1) is 12.6 Å². The van der Waals surface area contributed by atoms with E-state index in [-0.39, 0.29) is 12.0 Å². The van der Waals surface area contributed by atoms with Gasteiger partial charge in [0.1, 0.15) is 18.3 Å². The Bertz CT molecular complexity index is 642. The molecular weight excluding hydrogens is 312 g/mol. The molecule has 1 aliphatic rings. The van der Waals surface area contributed by atoms with E-state index in [2.05, 4.69) is 16.9 Å². The summed E-state index contributed by atoms with van der Waals surface area (Å²) >= 11 is 5.17. The zero-order chi connectivity index (χ0) is 16.8. The first kappa shape index (κ1) is 17.1. The van der Waals surface area contributed by atoms with Crippen LogP contribution in [0.25, 0.3) is 0 Å². The van der Waals surface area contributed by atoms with E-state index in [1.54, 1.807) is 19.9 Å². The number of ether oxygens (including phenoxy) is 2. The Balaban J connectivity index is 2.34. The molecule has 5 nitrogen and oxygen atoms in total. The Kier molecular flexibility index (Phi) is 5.87. The smallest absolute Gasteiger partial charge is 0.317 e. The number of benzene rings is 1. The second-order valence-corrected chi connectivity index (χ2v) is 5.47. The molecule has 0 saturated carbocycles. The van der Waals surface area contributed by atoms with Crippen LogP contribution in [0.15, 0.2) is 41.9 Å². The number of aliphatic imine (C=N–C) groups is 1. The Morgan fingerprint density at radius 2 is 2.30 bits per heavy atom. The van der Waals surface area contributed by atoms with Crippen LogP contribution >= 0.6 is 12.2 Å².